The van der Waals surface area contributed by atoms with Gasteiger partial charge in [-0.1, -0.05) is 0 Å². The second kappa shape index (κ2) is 5.17. The van der Waals surface area contributed by atoms with Gasteiger partial charge >= 0.3 is 0 Å². The third kappa shape index (κ3) is 3.04. The van der Waals surface area contributed by atoms with E-state index in [4.69, 9.17) is 11.1 Å². The van der Waals surface area contributed by atoms with E-state index in [0.717, 1.165) is 37.8 Å². The fourth-order valence-corrected chi connectivity index (χ4v) is 2.62. The fraction of sp³-hybridized carbons (Fsp3) is 0.571. The third-order valence-electron chi connectivity index (χ3n) is 3.97. The maximum absolute atomic E-state index is 7.45. The van der Waals surface area contributed by atoms with Crippen LogP contribution in [0.25, 0.3) is 0 Å². The van der Waals surface area contributed by atoms with Gasteiger partial charge in [0.25, 0.3) is 0 Å². The quantitative estimate of drug-likeness (QED) is 0.622. The number of piperazine rings is 1. The van der Waals surface area contributed by atoms with Gasteiger partial charge in [-0.25, -0.2) is 0 Å². The lowest BCUT2D eigenvalue weighted by Gasteiger charge is -2.36. The van der Waals surface area contributed by atoms with Crippen molar-refractivity contribution in [3.63, 3.8) is 0 Å². The fourth-order valence-electron chi connectivity index (χ4n) is 2.62. The molecule has 0 atom stereocenters. The predicted molar refractivity (Wildman–Crippen MR) is 76.6 cm³/mol. The molecule has 0 bridgehead atoms. The Labute approximate surface area is 113 Å². The summed E-state index contributed by atoms with van der Waals surface area (Å²) in [5.74, 6) is 1.01. The van der Waals surface area contributed by atoms with Gasteiger partial charge in [-0.05, 0) is 30.9 Å². The zero-order chi connectivity index (χ0) is 13.2. The van der Waals surface area contributed by atoms with Crippen LogP contribution in [0.3, 0.4) is 0 Å². The van der Waals surface area contributed by atoms with Gasteiger partial charge < -0.3 is 10.6 Å². The summed E-state index contributed by atoms with van der Waals surface area (Å²) in [6.07, 6.45) is 4.59. The molecule has 5 nitrogen and oxygen atoms in total. The first-order valence-electron chi connectivity index (χ1n) is 7.00. The van der Waals surface area contributed by atoms with E-state index in [0.29, 0.717) is 5.69 Å². The van der Waals surface area contributed by atoms with Crippen molar-refractivity contribution < 1.29 is 0 Å². The molecule has 5 heteroatoms. The number of nitrogen functional groups attached to an aromatic ring is 1. The summed E-state index contributed by atoms with van der Waals surface area (Å²) < 4.78 is 0. The Balaban J connectivity index is 1.60. The number of rotatable bonds is 4. The number of hydrogen-bond acceptors (Lipinski definition) is 4. The summed E-state index contributed by atoms with van der Waals surface area (Å²) in [6, 6.07) is 3.92. The smallest absolute Gasteiger partial charge is 0.141 e. The number of nitrogens with two attached hydrogens (primary N) is 1. The van der Waals surface area contributed by atoms with E-state index in [1.807, 2.05) is 12.1 Å². The Kier molecular flexibility index (Phi) is 3.38. The largest absolute Gasteiger partial charge is 0.382 e. The lowest BCUT2D eigenvalue weighted by molar-refractivity contribution is 0.248. The number of nitrogens with zero attached hydrogens (tertiary/aromatic N) is 3. The van der Waals surface area contributed by atoms with Crippen LogP contribution >= 0.6 is 0 Å². The van der Waals surface area contributed by atoms with Gasteiger partial charge in [0.2, 0.25) is 0 Å². The Morgan fingerprint density at radius 1 is 1.32 bits per heavy atom. The van der Waals surface area contributed by atoms with Crippen LogP contribution in [0.4, 0.5) is 5.69 Å². The molecule has 0 amide bonds. The molecule has 1 aliphatic heterocycles. The van der Waals surface area contributed by atoms with Crippen molar-refractivity contribution in [2.45, 2.75) is 12.8 Å². The number of hydrogen-bond donors (Lipinski definition) is 2. The molecule has 1 aromatic heterocycles. The summed E-state index contributed by atoms with van der Waals surface area (Å²) in [4.78, 5) is 9.04. The van der Waals surface area contributed by atoms with Gasteiger partial charge in [0.05, 0.1) is 0 Å². The molecule has 2 heterocycles. The molecule has 1 aromatic rings. The molecule has 1 aliphatic carbocycles. The highest BCUT2D eigenvalue weighted by Gasteiger charge is 2.26. The van der Waals surface area contributed by atoms with E-state index in [1.54, 1.807) is 6.20 Å². The first kappa shape index (κ1) is 12.4. The summed E-state index contributed by atoms with van der Waals surface area (Å²) >= 11 is 0. The summed E-state index contributed by atoms with van der Waals surface area (Å²) in [6.45, 7) is 5.65. The molecule has 0 spiro atoms. The standard InChI is InChI=1S/C14H21N5/c15-14(16)13-9-12(3-4-17-13)19-7-5-18(6-8-19)10-11-1-2-11/h3-4,9,11H,1-2,5-8,10H2,(H3,15,16). The van der Waals surface area contributed by atoms with E-state index >= 15 is 0 Å². The maximum Gasteiger partial charge on any atom is 0.141 e. The van der Waals surface area contributed by atoms with Crippen LogP contribution in [0.15, 0.2) is 18.3 Å². The third-order valence-corrected chi connectivity index (χ3v) is 3.97. The molecule has 3 rings (SSSR count). The number of anilines is 1. The van der Waals surface area contributed by atoms with Crippen LogP contribution < -0.4 is 10.6 Å². The number of amidine groups is 1. The average Bonchev–Trinajstić information content (AvgIpc) is 3.24. The normalized spacial score (nSPS) is 20.5. The van der Waals surface area contributed by atoms with Crippen LogP contribution in [-0.2, 0) is 0 Å². The highest BCUT2D eigenvalue weighted by molar-refractivity contribution is 5.93. The zero-order valence-corrected chi connectivity index (χ0v) is 11.2. The first-order valence-corrected chi connectivity index (χ1v) is 7.00. The Morgan fingerprint density at radius 2 is 2.05 bits per heavy atom. The van der Waals surface area contributed by atoms with Crippen LogP contribution in [-0.4, -0.2) is 48.4 Å². The van der Waals surface area contributed by atoms with E-state index < -0.39 is 0 Å². The van der Waals surface area contributed by atoms with E-state index in [9.17, 15) is 0 Å². The van der Waals surface area contributed by atoms with E-state index in [2.05, 4.69) is 14.8 Å². The molecule has 1 saturated carbocycles. The van der Waals surface area contributed by atoms with Crippen LogP contribution in [0.5, 0.6) is 0 Å². The molecule has 102 valence electrons. The van der Waals surface area contributed by atoms with Crippen molar-refractivity contribution in [3.05, 3.63) is 24.0 Å². The SMILES string of the molecule is N=C(N)c1cc(N2CCN(CC3CC3)CC2)ccn1. The van der Waals surface area contributed by atoms with Gasteiger partial charge in [-0.15, -0.1) is 0 Å². The summed E-state index contributed by atoms with van der Waals surface area (Å²) in [5.41, 5.74) is 7.19. The predicted octanol–water partition coefficient (Wildman–Crippen LogP) is 0.898. The van der Waals surface area contributed by atoms with Crippen molar-refractivity contribution in [1.82, 2.24) is 9.88 Å². The van der Waals surface area contributed by atoms with Crippen molar-refractivity contribution in [2.75, 3.05) is 37.6 Å². The molecular weight excluding hydrogens is 238 g/mol. The van der Waals surface area contributed by atoms with Crippen LogP contribution in [0, 0.1) is 11.3 Å². The van der Waals surface area contributed by atoms with Crippen LogP contribution in [0.1, 0.15) is 18.5 Å². The lowest BCUT2D eigenvalue weighted by Crippen LogP contribution is -2.47. The second-order valence-electron chi connectivity index (χ2n) is 5.54. The Bertz CT molecular complexity index is 461. The van der Waals surface area contributed by atoms with Gasteiger partial charge in [0, 0.05) is 44.6 Å². The highest BCUT2D eigenvalue weighted by Crippen LogP contribution is 2.30. The molecule has 0 unspecified atom stereocenters. The van der Waals surface area contributed by atoms with E-state index in [1.165, 1.54) is 19.4 Å². The van der Waals surface area contributed by atoms with Gasteiger partial charge in [0.15, 0.2) is 0 Å². The van der Waals surface area contributed by atoms with Crippen molar-refractivity contribution in [2.24, 2.45) is 11.7 Å². The molecular formula is C14H21N5. The zero-order valence-electron chi connectivity index (χ0n) is 11.2. The molecule has 2 fully saturated rings. The summed E-state index contributed by atoms with van der Waals surface area (Å²) in [7, 11) is 0. The molecule has 0 radical (unpaired) electrons. The second-order valence-corrected chi connectivity index (χ2v) is 5.54. The van der Waals surface area contributed by atoms with Crippen molar-refractivity contribution in [3.8, 4) is 0 Å². The molecule has 2 aliphatic rings. The van der Waals surface area contributed by atoms with Crippen molar-refractivity contribution in [1.29, 1.82) is 5.41 Å². The minimum atomic E-state index is 0.0363. The number of pyridine rings is 1. The van der Waals surface area contributed by atoms with E-state index in [-0.39, 0.29) is 5.84 Å². The topological polar surface area (TPSA) is 69.2 Å². The average molecular weight is 259 g/mol. The molecule has 0 aromatic carbocycles. The number of nitrogens with one attached hydrogen (secondary N) is 1. The van der Waals surface area contributed by atoms with Gasteiger partial charge in [-0.2, -0.15) is 0 Å². The Hall–Kier alpha value is -1.62. The maximum atomic E-state index is 7.45. The lowest BCUT2D eigenvalue weighted by atomic mass is 10.2. The highest BCUT2D eigenvalue weighted by atomic mass is 15.3. The number of aromatic nitrogens is 1. The monoisotopic (exact) mass is 259 g/mol. The van der Waals surface area contributed by atoms with Gasteiger partial charge in [0.1, 0.15) is 11.5 Å². The van der Waals surface area contributed by atoms with Crippen molar-refractivity contribution >= 4 is 11.5 Å². The molecule has 19 heavy (non-hydrogen) atoms. The Morgan fingerprint density at radius 3 is 2.68 bits per heavy atom. The van der Waals surface area contributed by atoms with Crippen LogP contribution in [0.2, 0.25) is 0 Å². The minimum absolute atomic E-state index is 0.0363. The minimum Gasteiger partial charge on any atom is -0.382 e. The summed E-state index contributed by atoms with van der Waals surface area (Å²) in [5, 5.41) is 7.45. The molecule has 3 N–H and O–H groups in total. The first-order chi connectivity index (χ1) is 9.22. The van der Waals surface area contributed by atoms with Gasteiger partial charge in [-0.3, -0.25) is 15.3 Å². The molecule has 1 saturated heterocycles.